The largest absolute Gasteiger partial charge is 0.394 e. The third kappa shape index (κ3) is 2.61. The third-order valence-corrected chi connectivity index (χ3v) is 2.02. The van der Waals surface area contributed by atoms with Gasteiger partial charge in [0.05, 0.1) is 25.6 Å². The van der Waals surface area contributed by atoms with Crippen molar-refractivity contribution in [1.82, 2.24) is 9.55 Å². The molecule has 6 heteroatoms. The molecule has 0 saturated carbocycles. The number of halogens is 1. The van der Waals surface area contributed by atoms with Gasteiger partial charge in [-0.25, -0.2) is 4.98 Å². The molecule has 1 atom stereocenters. The highest BCUT2D eigenvalue weighted by Gasteiger charge is 2.06. The van der Waals surface area contributed by atoms with E-state index < -0.39 is 6.10 Å². The summed E-state index contributed by atoms with van der Waals surface area (Å²) in [6, 6.07) is 0. The van der Waals surface area contributed by atoms with E-state index in [2.05, 4.69) is 20.9 Å². The smallest absolute Gasteiger partial charge is 0.267 e. The van der Waals surface area contributed by atoms with Crippen molar-refractivity contribution in [3.63, 3.8) is 0 Å². The molecule has 0 aliphatic carbocycles. The number of nitrogens with zero attached hydrogens (tertiary/aromatic N) is 2. The molecule has 0 amide bonds. The zero-order valence-corrected chi connectivity index (χ0v) is 8.31. The van der Waals surface area contributed by atoms with Crippen molar-refractivity contribution in [2.45, 2.75) is 12.6 Å². The molecule has 1 aromatic heterocycles. The van der Waals surface area contributed by atoms with Crippen molar-refractivity contribution in [3.05, 3.63) is 27.4 Å². The number of aliphatic hydroxyl groups excluding tert-OH is 2. The second-order valence-corrected chi connectivity index (χ2v) is 3.39. The summed E-state index contributed by atoms with van der Waals surface area (Å²) >= 11 is 3.02. The van der Waals surface area contributed by atoms with Gasteiger partial charge in [0.2, 0.25) is 0 Å². The zero-order valence-electron chi connectivity index (χ0n) is 6.72. The quantitative estimate of drug-likeness (QED) is 0.747. The van der Waals surface area contributed by atoms with Crippen LogP contribution in [0, 0.1) is 0 Å². The molecule has 0 saturated heterocycles. The van der Waals surface area contributed by atoms with Gasteiger partial charge in [-0.2, -0.15) is 0 Å². The molecule has 2 N–H and O–H groups in total. The van der Waals surface area contributed by atoms with Gasteiger partial charge in [-0.3, -0.25) is 9.36 Å². The van der Waals surface area contributed by atoms with E-state index in [0.717, 1.165) is 0 Å². The van der Waals surface area contributed by atoms with Gasteiger partial charge in [-0.05, 0) is 15.9 Å². The van der Waals surface area contributed by atoms with Crippen molar-refractivity contribution in [2.75, 3.05) is 6.61 Å². The van der Waals surface area contributed by atoms with Gasteiger partial charge in [-0.15, -0.1) is 0 Å². The molecule has 13 heavy (non-hydrogen) atoms. The summed E-state index contributed by atoms with van der Waals surface area (Å²) in [5.74, 6) is 0. The highest BCUT2D eigenvalue weighted by atomic mass is 79.9. The van der Waals surface area contributed by atoms with E-state index in [0.29, 0.717) is 4.47 Å². The lowest BCUT2D eigenvalue weighted by molar-refractivity contribution is 0.0800. The van der Waals surface area contributed by atoms with Crippen LogP contribution in [0.25, 0.3) is 0 Å². The van der Waals surface area contributed by atoms with E-state index in [4.69, 9.17) is 10.2 Å². The highest BCUT2D eigenvalue weighted by Crippen LogP contribution is 1.98. The van der Waals surface area contributed by atoms with Crippen LogP contribution in [0.2, 0.25) is 0 Å². The molecular weight excluding hydrogens is 240 g/mol. The van der Waals surface area contributed by atoms with Gasteiger partial charge in [0.15, 0.2) is 0 Å². The lowest BCUT2D eigenvalue weighted by Gasteiger charge is -2.08. The lowest BCUT2D eigenvalue weighted by Crippen LogP contribution is -2.28. The topological polar surface area (TPSA) is 75.4 Å². The molecular formula is C7H9BrN2O3. The molecule has 72 valence electrons. The average molecular weight is 249 g/mol. The summed E-state index contributed by atoms with van der Waals surface area (Å²) in [4.78, 5) is 15.1. The first-order valence-corrected chi connectivity index (χ1v) is 4.43. The fraction of sp³-hybridized carbons (Fsp3) is 0.429. The van der Waals surface area contributed by atoms with E-state index in [-0.39, 0.29) is 18.7 Å². The Labute approximate surface area is 82.8 Å². The maximum atomic E-state index is 11.3. The van der Waals surface area contributed by atoms with Crippen LogP contribution in [-0.2, 0) is 6.54 Å². The van der Waals surface area contributed by atoms with Crippen LogP contribution in [0.5, 0.6) is 0 Å². The van der Waals surface area contributed by atoms with Gasteiger partial charge >= 0.3 is 0 Å². The fourth-order valence-electron chi connectivity index (χ4n) is 0.839. The molecule has 0 radical (unpaired) electrons. The molecule has 1 rings (SSSR count). The lowest BCUT2D eigenvalue weighted by atomic mass is 10.4. The molecule has 0 fully saturated rings. The molecule has 0 bridgehead atoms. The van der Waals surface area contributed by atoms with Crippen molar-refractivity contribution >= 4 is 15.9 Å². The predicted molar refractivity (Wildman–Crippen MR) is 49.3 cm³/mol. The summed E-state index contributed by atoms with van der Waals surface area (Å²) in [5, 5.41) is 17.6. The number of aromatic nitrogens is 2. The van der Waals surface area contributed by atoms with Crippen LogP contribution in [0.4, 0.5) is 0 Å². The maximum Gasteiger partial charge on any atom is 0.267 e. The normalized spacial score (nSPS) is 12.8. The molecule has 5 nitrogen and oxygen atoms in total. The number of rotatable bonds is 3. The van der Waals surface area contributed by atoms with E-state index in [1.54, 1.807) is 0 Å². The van der Waals surface area contributed by atoms with E-state index in [1.165, 1.54) is 17.1 Å². The van der Waals surface area contributed by atoms with Crippen LogP contribution >= 0.6 is 15.9 Å². The summed E-state index contributed by atoms with van der Waals surface area (Å²) in [6.07, 6.45) is 1.75. The minimum absolute atomic E-state index is 0.0434. The summed E-state index contributed by atoms with van der Waals surface area (Å²) in [5.41, 5.74) is -0.275. The molecule has 1 heterocycles. The van der Waals surface area contributed by atoms with Crippen LogP contribution in [0.15, 0.2) is 21.8 Å². The SMILES string of the molecule is O=c1c(Br)cncn1CC(O)CO. The molecule has 0 aliphatic heterocycles. The van der Waals surface area contributed by atoms with Crippen molar-refractivity contribution in [3.8, 4) is 0 Å². The summed E-state index contributed by atoms with van der Waals surface area (Å²) < 4.78 is 1.56. The Morgan fingerprint density at radius 1 is 1.69 bits per heavy atom. The molecule has 1 unspecified atom stereocenters. The minimum atomic E-state index is -0.936. The Morgan fingerprint density at radius 2 is 2.38 bits per heavy atom. The van der Waals surface area contributed by atoms with Crippen LogP contribution < -0.4 is 5.56 Å². The van der Waals surface area contributed by atoms with Crippen LogP contribution in [0.1, 0.15) is 0 Å². The number of aliphatic hydroxyl groups is 2. The van der Waals surface area contributed by atoms with Crippen molar-refractivity contribution in [2.24, 2.45) is 0 Å². The fourth-order valence-corrected chi connectivity index (χ4v) is 1.18. The predicted octanol–water partition coefficient (Wildman–Crippen LogP) is -0.641. The minimum Gasteiger partial charge on any atom is -0.394 e. The van der Waals surface area contributed by atoms with E-state index in [9.17, 15) is 4.79 Å². The maximum absolute atomic E-state index is 11.3. The monoisotopic (exact) mass is 248 g/mol. The van der Waals surface area contributed by atoms with Crippen molar-refractivity contribution < 1.29 is 10.2 Å². The third-order valence-electron chi connectivity index (χ3n) is 1.48. The molecule has 0 aliphatic rings. The van der Waals surface area contributed by atoms with Crippen LogP contribution in [0.3, 0.4) is 0 Å². The number of hydrogen-bond acceptors (Lipinski definition) is 4. The summed E-state index contributed by atoms with van der Waals surface area (Å²) in [7, 11) is 0. The van der Waals surface area contributed by atoms with E-state index >= 15 is 0 Å². The second-order valence-electron chi connectivity index (χ2n) is 2.54. The summed E-state index contributed by atoms with van der Waals surface area (Å²) in [6.45, 7) is -0.333. The molecule has 0 spiro atoms. The Hall–Kier alpha value is -0.720. The van der Waals surface area contributed by atoms with Gasteiger partial charge in [0.25, 0.3) is 5.56 Å². The Morgan fingerprint density at radius 3 is 3.00 bits per heavy atom. The standard InChI is InChI=1S/C7H9BrN2O3/c8-6-1-9-4-10(7(6)13)2-5(12)3-11/h1,4-5,11-12H,2-3H2. The first-order valence-electron chi connectivity index (χ1n) is 3.64. The first kappa shape index (κ1) is 10.4. The molecule has 1 aromatic rings. The van der Waals surface area contributed by atoms with Gasteiger partial charge in [0.1, 0.15) is 4.47 Å². The Balaban J connectivity index is 2.89. The highest BCUT2D eigenvalue weighted by molar-refractivity contribution is 9.10. The van der Waals surface area contributed by atoms with Crippen molar-refractivity contribution in [1.29, 1.82) is 0 Å². The second kappa shape index (κ2) is 4.50. The number of hydrogen-bond donors (Lipinski definition) is 2. The van der Waals surface area contributed by atoms with E-state index in [1.807, 2.05) is 0 Å². The van der Waals surface area contributed by atoms with Gasteiger partial charge in [0, 0.05) is 6.20 Å². The van der Waals surface area contributed by atoms with Crippen LogP contribution in [-0.4, -0.2) is 32.5 Å². The Kier molecular flexibility index (Phi) is 3.58. The van der Waals surface area contributed by atoms with Gasteiger partial charge < -0.3 is 10.2 Å². The van der Waals surface area contributed by atoms with Gasteiger partial charge in [-0.1, -0.05) is 0 Å². The Bertz CT molecular complexity index is 339. The average Bonchev–Trinajstić information content (AvgIpc) is 2.13. The first-order chi connectivity index (χ1) is 6.15. The molecule has 0 aromatic carbocycles. The zero-order chi connectivity index (χ0) is 9.84.